The van der Waals surface area contributed by atoms with E-state index >= 15 is 0 Å². The zero-order valence-corrected chi connectivity index (χ0v) is 8.35. The maximum Gasteiger partial charge on any atom is 0.320 e. The zero-order valence-electron chi connectivity index (χ0n) is 7.53. The van der Waals surface area contributed by atoms with E-state index in [1.165, 1.54) is 25.7 Å². The largest absolute Gasteiger partial charge is 0.480 e. The lowest BCUT2D eigenvalue weighted by Gasteiger charge is -2.24. The first-order valence-corrected chi connectivity index (χ1v) is 4.76. The Bertz CT molecular complexity index is 184. The molecule has 1 aliphatic carbocycles. The van der Waals surface area contributed by atoms with Gasteiger partial charge in [0.2, 0.25) is 0 Å². The van der Waals surface area contributed by atoms with E-state index in [2.05, 4.69) is 5.32 Å². The lowest BCUT2D eigenvalue weighted by atomic mass is 9.85. The van der Waals surface area contributed by atoms with Gasteiger partial charge in [0.15, 0.2) is 0 Å². The molecule has 0 unspecified atom stereocenters. The van der Waals surface area contributed by atoms with Gasteiger partial charge in [-0.15, -0.1) is 12.4 Å². The first-order chi connectivity index (χ1) is 5.77. The third-order valence-electron chi connectivity index (χ3n) is 3.16. The van der Waals surface area contributed by atoms with Gasteiger partial charge in [-0.1, -0.05) is 12.8 Å². The average molecular weight is 206 g/mol. The molecule has 2 aliphatic rings. The zero-order chi connectivity index (χ0) is 8.55. The van der Waals surface area contributed by atoms with Gasteiger partial charge < -0.3 is 10.4 Å². The van der Waals surface area contributed by atoms with Gasteiger partial charge in [-0.05, 0) is 25.2 Å². The van der Waals surface area contributed by atoms with Crippen molar-refractivity contribution in [1.82, 2.24) is 5.32 Å². The molecule has 0 spiro atoms. The number of hydrogen-bond donors (Lipinski definition) is 2. The van der Waals surface area contributed by atoms with Crippen LogP contribution in [0.4, 0.5) is 0 Å². The fourth-order valence-corrected chi connectivity index (χ4v) is 2.51. The van der Waals surface area contributed by atoms with Gasteiger partial charge in [0.1, 0.15) is 6.04 Å². The van der Waals surface area contributed by atoms with E-state index in [1.54, 1.807) is 0 Å². The number of hydrogen-bond acceptors (Lipinski definition) is 2. The maximum absolute atomic E-state index is 10.7. The monoisotopic (exact) mass is 205 g/mol. The minimum Gasteiger partial charge on any atom is -0.480 e. The van der Waals surface area contributed by atoms with E-state index in [-0.39, 0.29) is 18.4 Å². The van der Waals surface area contributed by atoms with Crippen molar-refractivity contribution >= 4 is 18.4 Å². The molecule has 76 valence electrons. The fourth-order valence-electron chi connectivity index (χ4n) is 2.51. The number of carbonyl (C=O) groups is 1. The summed E-state index contributed by atoms with van der Waals surface area (Å²) in [5, 5.41) is 12.0. The van der Waals surface area contributed by atoms with E-state index in [9.17, 15) is 4.79 Å². The molecule has 3 nitrogen and oxygen atoms in total. The third-order valence-corrected chi connectivity index (χ3v) is 3.16. The predicted octanol–water partition coefficient (Wildman–Crippen LogP) is 1.41. The molecule has 1 heterocycles. The summed E-state index contributed by atoms with van der Waals surface area (Å²) in [5.41, 5.74) is 0. The van der Waals surface area contributed by atoms with Crippen molar-refractivity contribution in [3.63, 3.8) is 0 Å². The van der Waals surface area contributed by atoms with E-state index in [1.807, 2.05) is 0 Å². The second kappa shape index (κ2) is 4.29. The van der Waals surface area contributed by atoms with Crippen LogP contribution >= 0.6 is 12.4 Å². The van der Waals surface area contributed by atoms with Crippen LogP contribution in [0.25, 0.3) is 0 Å². The van der Waals surface area contributed by atoms with Gasteiger partial charge in [-0.2, -0.15) is 0 Å². The summed E-state index contributed by atoms with van der Waals surface area (Å²) < 4.78 is 0. The van der Waals surface area contributed by atoms with Crippen molar-refractivity contribution in [1.29, 1.82) is 0 Å². The second-order valence-corrected chi connectivity index (χ2v) is 3.94. The lowest BCUT2D eigenvalue weighted by Crippen LogP contribution is -2.36. The van der Waals surface area contributed by atoms with Crippen LogP contribution in [-0.2, 0) is 4.79 Å². The van der Waals surface area contributed by atoms with Gasteiger partial charge in [-0.25, -0.2) is 0 Å². The smallest absolute Gasteiger partial charge is 0.320 e. The molecule has 2 rings (SSSR count). The summed E-state index contributed by atoms with van der Waals surface area (Å²) in [5.74, 6) is -0.0377. The SMILES string of the molecule is Cl.O=C(O)[C@@H]1C[C@@H]2CCCC[C@H]2N1. The molecule has 3 atom stereocenters. The molecule has 2 N–H and O–H groups in total. The number of rotatable bonds is 1. The van der Waals surface area contributed by atoms with Crippen molar-refractivity contribution in [2.24, 2.45) is 5.92 Å². The van der Waals surface area contributed by atoms with E-state index < -0.39 is 5.97 Å². The molecule has 0 aromatic heterocycles. The quantitative estimate of drug-likeness (QED) is 0.681. The van der Waals surface area contributed by atoms with Crippen molar-refractivity contribution in [2.45, 2.75) is 44.2 Å². The minimum absolute atomic E-state index is 0. The highest BCUT2D eigenvalue weighted by Crippen LogP contribution is 2.32. The molecule has 0 bridgehead atoms. The van der Waals surface area contributed by atoms with Crippen molar-refractivity contribution in [2.75, 3.05) is 0 Å². The topological polar surface area (TPSA) is 49.3 Å². The molecule has 0 aromatic carbocycles. The minimum atomic E-state index is -0.676. The Balaban J connectivity index is 0.000000845. The molecule has 0 aromatic rings. The number of fused-ring (bicyclic) bond motifs is 1. The van der Waals surface area contributed by atoms with Gasteiger partial charge in [0.25, 0.3) is 0 Å². The highest BCUT2D eigenvalue weighted by molar-refractivity contribution is 5.85. The molecule has 1 aliphatic heterocycles. The predicted molar refractivity (Wildman–Crippen MR) is 52.2 cm³/mol. The molecule has 13 heavy (non-hydrogen) atoms. The van der Waals surface area contributed by atoms with Crippen molar-refractivity contribution in [3.8, 4) is 0 Å². The van der Waals surface area contributed by atoms with Gasteiger partial charge >= 0.3 is 5.97 Å². The second-order valence-electron chi connectivity index (χ2n) is 3.94. The fraction of sp³-hybridized carbons (Fsp3) is 0.889. The highest BCUT2D eigenvalue weighted by atomic mass is 35.5. The Hall–Kier alpha value is -0.280. The Labute approximate surface area is 84.3 Å². The summed E-state index contributed by atoms with van der Waals surface area (Å²) >= 11 is 0. The molecular formula is C9H16ClNO2. The van der Waals surface area contributed by atoms with Crippen LogP contribution < -0.4 is 5.32 Å². The van der Waals surface area contributed by atoms with Crippen LogP contribution in [0.5, 0.6) is 0 Å². The molecule has 1 saturated carbocycles. The number of halogens is 1. The van der Waals surface area contributed by atoms with Crippen molar-refractivity contribution in [3.05, 3.63) is 0 Å². The van der Waals surface area contributed by atoms with Crippen LogP contribution in [0, 0.1) is 5.92 Å². The average Bonchev–Trinajstić information content (AvgIpc) is 2.46. The standard InChI is InChI=1S/C9H15NO2.ClH/c11-9(12)8-5-6-3-1-2-4-7(6)10-8;/h6-8,10H,1-5H2,(H,11,12);1H/t6-,7+,8-;/m0./s1. The van der Waals surface area contributed by atoms with Gasteiger partial charge in [0.05, 0.1) is 0 Å². The molecule has 4 heteroatoms. The first-order valence-electron chi connectivity index (χ1n) is 4.76. The summed E-state index contributed by atoms with van der Waals surface area (Å²) in [4.78, 5) is 10.7. The van der Waals surface area contributed by atoms with Gasteiger partial charge in [-0.3, -0.25) is 4.79 Å². The Kier molecular flexibility index (Phi) is 3.56. The van der Waals surface area contributed by atoms with Crippen LogP contribution in [0.1, 0.15) is 32.1 Å². The Morgan fingerprint density at radius 2 is 2.00 bits per heavy atom. The first kappa shape index (κ1) is 10.8. The summed E-state index contributed by atoms with van der Waals surface area (Å²) in [6.45, 7) is 0. The molecule has 1 saturated heterocycles. The Morgan fingerprint density at radius 1 is 1.31 bits per heavy atom. The Morgan fingerprint density at radius 3 is 2.62 bits per heavy atom. The van der Waals surface area contributed by atoms with E-state index in [4.69, 9.17) is 5.11 Å². The number of carboxylic acid groups (broad SMARTS) is 1. The maximum atomic E-state index is 10.7. The van der Waals surface area contributed by atoms with Gasteiger partial charge in [0, 0.05) is 6.04 Å². The normalized spacial score (nSPS) is 37.7. The molecule has 0 radical (unpaired) electrons. The number of carboxylic acids is 1. The van der Waals surface area contributed by atoms with Crippen LogP contribution in [-0.4, -0.2) is 23.2 Å². The third kappa shape index (κ3) is 2.15. The molecular weight excluding hydrogens is 190 g/mol. The summed E-state index contributed by atoms with van der Waals surface area (Å²) in [6.07, 6.45) is 5.80. The van der Waals surface area contributed by atoms with E-state index in [0.29, 0.717) is 12.0 Å². The number of aliphatic carboxylic acids is 1. The summed E-state index contributed by atoms with van der Waals surface area (Å²) in [6, 6.07) is 0.234. The number of nitrogens with one attached hydrogen (secondary N) is 1. The van der Waals surface area contributed by atoms with E-state index in [0.717, 1.165) is 6.42 Å². The highest BCUT2D eigenvalue weighted by Gasteiger charge is 2.37. The molecule has 2 fully saturated rings. The summed E-state index contributed by atoms with van der Waals surface area (Å²) in [7, 11) is 0. The van der Waals surface area contributed by atoms with Crippen LogP contribution in [0.2, 0.25) is 0 Å². The molecule has 0 amide bonds. The lowest BCUT2D eigenvalue weighted by molar-refractivity contribution is -0.139. The van der Waals surface area contributed by atoms with Crippen molar-refractivity contribution < 1.29 is 9.90 Å². The van der Waals surface area contributed by atoms with Crippen LogP contribution in [0.15, 0.2) is 0 Å². The van der Waals surface area contributed by atoms with Crippen LogP contribution in [0.3, 0.4) is 0 Å².